The minimum atomic E-state index is -4.61. The molecule has 3 saturated heterocycles. The van der Waals surface area contributed by atoms with E-state index in [-0.39, 0.29) is 43.0 Å². The fraction of sp³-hybridized carbons (Fsp3) is 0.657. The Morgan fingerprint density at radius 1 is 1.06 bits per heavy atom. The van der Waals surface area contributed by atoms with Crippen molar-refractivity contribution in [3.05, 3.63) is 53.5 Å². The molecule has 4 aliphatic rings. The summed E-state index contributed by atoms with van der Waals surface area (Å²) in [5.41, 5.74) is -1.72. The van der Waals surface area contributed by atoms with E-state index in [4.69, 9.17) is 28.4 Å². The van der Waals surface area contributed by atoms with Gasteiger partial charge in [-0.1, -0.05) is 18.6 Å². The van der Waals surface area contributed by atoms with Gasteiger partial charge in [0.1, 0.15) is 47.8 Å². The van der Waals surface area contributed by atoms with Crippen LogP contribution in [0.25, 0.3) is 0 Å². The first-order valence-electron chi connectivity index (χ1n) is 16.6. The van der Waals surface area contributed by atoms with Crippen LogP contribution in [0.4, 0.5) is 22.4 Å². The van der Waals surface area contributed by atoms with E-state index in [1.807, 2.05) is 20.8 Å². The van der Waals surface area contributed by atoms with E-state index in [9.17, 15) is 18.0 Å². The molecule has 48 heavy (non-hydrogen) atoms. The quantitative estimate of drug-likeness (QED) is 0.295. The standard InChI is InChI=1S/C35H44F4N2O7/c1-32(2,3)48-31(42)41-15-7-6-9-21(14-16-41)23-13-12-22(17-24(23)36)43-19-25-30-34(18-27(34)46-33(4,5)47-30)28(20-44-25)45-29-11-8-10-26(40-29)35(37,38)39/h8,10-13,17,21,25,27-28,30H,6-7,9,14-16,18-20H2,1-5H3/t21?,25-,27?,28+,30+,34?/m1/s1. The van der Waals surface area contributed by atoms with E-state index in [1.54, 1.807) is 30.9 Å². The van der Waals surface area contributed by atoms with E-state index in [1.165, 1.54) is 18.2 Å². The number of halogens is 4. The molecule has 1 aromatic carbocycles. The molecule has 0 radical (unpaired) electrons. The molecule has 1 spiro atoms. The maximum absolute atomic E-state index is 15.6. The summed E-state index contributed by atoms with van der Waals surface area (Å²) in [5, 5.41) is 0. The van der Waals surface area contributed by atoms with Crippen LogP contribution in [0.2, 0.25) is 0 Å². The lowest BCUT2D eigenvalue weighted by molar-refractivity contribution is -0.338. The molecule has 4 fully saturated rings. The highest BCUT2D eigenvalue weighted by Gasteiger charge is 2.74. The lowest BCUT2D eigenvalue weighted by Crippen LogP contribution is -2.62. The van der Waals surface area contributed by atoms with Crippen molar-refractivity contribution < 1.29 is 50.8 Å². The minimum Gasteiger partial charge on any atom is -0.491 e. The molecule has 1 aliphatic carbocycles. The van der Waals surface area contributed by atoms with Crippen LogP contribution in [-0.4, -0.2) is 78.1 Å². The first kappa shape index (κ1) is 34.7. The van der Waals surface area contributed by atoms with Crippen molar-refractivity contribution in [3.8, 4) is 11.6 Å². The highest BCUT2D eigenvalue weighted by atomic mass is 19.4. The van der Waals surface area contributed by atoms with Gasteiger partial charge in [0.25, 0.3) is 0 Å². The van der Waals surface area contributed by atoms with E-state index in [0.717, 1.165) is 25.3 Å². The second-order valence-electron chi connectivity index (χ2n) is 14.6. The molecule has 1 amide bonds. The predicted molar refractivity (Wildman–Crippen MR) is 165 cm³/mol. The number of likely N-dealkylation sites (tertiary alicyclic amines) is 1. The summed E-state index contributed by atoms with van der Waals surface area (Å²) in [6, 6.07) is 8.38. The third-order valence-corrected chi connectivity index (χ3v) is 9.48. The van der Waals surface area contributed by atoms with Crippen molar-refractivity contribution in [2.45, 2.75) is 115 Å². The third-order valence-electron chi connectivity index (χ3n) is 9.48. The van der Waals surface area contributed by atoms with Gasteiger partial charge in [-0.3, -0.25) is 0 Å². The molecule has 4 heterocycles. The third kappa shape index (κ3) is 7.52. The van der Waals surface area contributed by atoms with Gasteiger partial charge in [-0.05, 0) is 83.9 Å². The Kier molecular flexibility index (Phi) is 9.36. The van der Waals surface area contributed by atoms with Gasteiger partial charge in [-0.15, -0.1) is 0 Å². The van der Waals surface area contributed by atoms with Crippen LogP contribution < -0.4 is 9.47 Å². The molecule has 2 aromatic rings. The SMILES string of the molecule is CC(C)(C)OC(=O)N1CCCCC(c2ccc(OC[C@H]3OC[C@H](Oc4cccc(C(F)(F)F)n4)C45CC4OC(C)(C)O[C@@H]35)cc2F)CC1. The molecular formula is C35H44F4N2O7. The topological polar surface area (TPSA) is 88.6 Å². The van der Waals surface area contributed by atoms with Gasteiger partial charge in [-0.2, -0.15) is 13.2 Å². The smallest absolute Gasteiger partial charge is 0.433 e. The first-order chi connectivity index (χ1) is 22.5. The summed E-state index contributed by atoms with van der Waals surface area (Å²) < 4.78 is 91.7. The summed E-state index contributed by atoms with van der Waals surface area (Å²) in [6.45, 7) is 10.3. The number of carbonyl (C=O) groups is 1. The van der Waals surface area contributed by atoms with Gasteiger partial charge in [0.2, 0.25) is 5.88 Å². The first-order valence-corrected chi connectivity index (χ1v) is 16.6. The number of hydrogen-bond donors (Lipinski definition) is 0. The Labute approximate surface area is 278 Å². The van der Waals surface area contributed by atoms with Crippen molar-refractivity contribution >= 4 is 6.09 Å². The molecule has 13 heteroatoms. The molecule has 6 atom stereocenters. The highest BCUT2D eigenvalue weighted by Crippen LogP contribution is 2.63. The molecule has 3 aliphatic heterocycles. The van der Waals surface area contributed by atoms with Gasteiger partial charge < -0.3 is 33.3 Å². The zero-order valence-electron chi connectivity index (χ0n) is 28.0. The van der Waals surface area contributed by atoms with Crippen LogP contribution in [-0.2, 0) is 25.1 Å². The van der Waals surface area contributed by atoms with Crippen molar-refractivity contribution in [1.82, 2.24) is 9.88 Å². The van der Waals surface area contributed by atoms with Gasteiger partial charge in [0.05, 0.1) is 18.1 Å². The molecule has 1 aromatic heterocycles. The molecular weight excluding hydrogens is 636 g/mol. The molecule has 6 rings (SSSR count). The van der Waals surface area contributed by atoms with Gasteiger partial charge in [-0.25, -0.2) is 14.2 Å². The summed E-state index contributed by atoms with van der Waals surface area (Å²) in [5.74, 6) is -1.19. The number of rotatable bonds is 6. The van der Waals surface area contributed by atoms with Crippen LogP contribution in [0.1, 0.15) is 83.9 Å². The monoisotopic (exact) mass is 680 g/mol. The number of ether oxygens (including phenoxy) is 6. The van der Waals surface area contributed by atoms with E-state index >= 15 is 4.39 Å². The molecule has 9 nitrogen and oxygen atoms in total. The average molecular weight is 681 g/mol. The van der Waals surface area contributed by atoms with Crippen LogP contribution in [0, 0.1) is 11.2 Å². The molecule has 1 saturated carbocycles. The largest absolute Gasteiger partial charge is 0.491 e. The number of pyridine rings is 1. The normalized spacial score (nSPS) is 30.3. The summed E-state index contributed by atoms with van der Waals surface area (Å²) in [7, 11) is 0. The van der Waals surface area contributed by atoms with Crippen LogP contribution in [0.15, 0.2) is 36.4 Å². The van der Waals surface area contributed by atoms with Crippen molar-refractivity contribution in [1.29, 1.82) is 0 Å². The lowest BCUT2D eigenvalue weighted by atomic mass is 9.84. The fourth-order valence-electron chi connectivity index (χ4n) is 7.15. The Balaban J connectivity index is 1.11. The number of hydrogen-bond acceptors (Lipinski definition) is 8. The number of nitrogens with zero attached hydrogens (tertiary/aromatic N) is 2. The van der Waals surface area contributed by atoms with Gasteiger partial charge in [0.15, 0.2) is 5.79 Å². The number of benzene rings is 1. The maximum atomic E-state index is 15.6. The number of aromatic nitrogens is 1. The zero-order chi connectivity index (χ0) is 34.5. The molecule has 0 bridgehead atoms. The van der Waals surface area contributed by atoms with Crippen LogP contribution in [0.5, 0.6) is 11.6 Å². The van der Waals surface area contributed by atoms with Crippen molar-refractivity contribution in [3.63, 3.8) is 0 Å². The predicted octanol–water partition coefficient (Wildman–Crippen LogP) is 7.27. The minimum absolute atomic E-state index is 0.0524. The highest BCUT2D eigenvalue weighted by molar-refractivity contribution is 5.68. The number of carbonyl (C=O) groups excluding carboxylic acids is 1. The summed E-state index contributed by atoms with van der Waals surface area (Å²) in [6.07, 6.45) is -3.32. The van der Waals surface area contributed by atoms with Crippen molar-refractivity contribution in [2.24, 2.45) is 5.41 Å². The van der Waals surface area contributed by atoms with E-state index < -0.39 is 47.0 Å². The molecule has 264 valence electrons. The summed E-state index contributed by atoms with van der Waals surface area (Å²) in [4.78, 5) is 18.0. The van der Waals surface area contributed by atoms with Gasteiger partial charge in [0, 0.05) is 25.2 Å². The van der Waals surface area contributed by atoms with Crippen LogP contribution in [0.3, 0.4) is 0 Å². The molecule has 3 unspecified atom stereocenters. The van der Waals surface area contributed by atoms with E-state index in [2.05, 4.69) is 4.98 Å². The maximum Gasteiger partial charge on any atom is 0.433 e. The fourth-order valence-corrected chi connectivity index (χ4v) is 7.15. The Hall–Kier alpha value is -3.16. The Morgan fingerprint density at radius 3 is 2.58 bits per heavy atom. The van der Waals surface area contributed by atoms with Crippen LogP contribution >= 0.6 is 0 Å². The van der Waals surface area contributed by atoms with Gasteiger partial charge >= 0.3 is 12.3 Å². The summed E-state index contributed by atoms with van der Waals surface area (Å²) >= 11 is 0. The number of alkyl halides is 3. The average Bonchev–Trinajstić information content (AvgIpc) is 3.68. The Bertz CT molecular complexity index is 1480. The van der Waals surface area contributed by atoms with Crippen molar-refractivity contribution in [2.75, 3.05) is 26.3 Å². The second-order valence-corrected chi connectivity index (χ2v) is 14.6. The second kappa shape index (κ2) is 12.9. The number of amides is 1. The Morgan fingerprint density at radius 2 is 1.85 bits per heavy atom. The zero-order valence-corrected chi connectivity index (χ0v) is 28.0. The van der Waals surface area contributed by atoms with E-state index in [0.29, 0.717) is 37.2 Å². The molecule has 0 N–H and O–H groups in total. The lowest BCUT2D eigenvalue weighted by Gasteiger charge is -2.49.